The van der Waals surface area contributed by atoms with Gasteiger partial charge in [0.15, 0.2) is 0 Å². The van der Waals surface area contributed by atoms with Gasteiger partial charge in [0.1, 0.15) is 23.5 Å². The molecule has 0 amide bonds. The van der Waals surface area contributed by atoms with Gasteiger partial charge in [0.05, 0.1) is 14.2 Å². The first-order chi connectivity index (χ1) is 7.35. The van der Waals surface area contributed by atoms with Crippen molar-refractivity contribution in [3.63, 3.8) is 0 Å². The van der Waals surface area contributed by atoms with Crippen LogP contribution in [0.25, 0.3) is 11.3 Å². The summed E-state index contributed by atoms with van der Waals surface area (Å²) in [6.07, 6.45) is 3.91. The number of hydrogen-bond acceptors (Lipinski definition) is 4. The summed E-state index contributed by atoms with van der Waals surface area (Å²) in [6.45, 7) is 0. The summed E-state index contributed by atoms with van der Waals surface area (Å²) in [5.41, 5.74) is 1.49. The molecule has 1 radical (unpaired) electrons. The molecule has 2 rings (SSSR count). The Balaban J connectivity index is 2.52. The Kier molecular flexibility index (Phi) is 2.58. The van der Waals surface area contributed by atoms with Gasteiger partial charge < -0.3 is 13.9 Å². The zero-order valence-electron chi connectivity index (χ0n) is 8.48. The molecule has 4 heteroatoms. The van der Waals surface area contributed by atoms with Gasteiger partial charge in [-0.25, -0.2) is 4.98 Å². The van der Waals surface area contributed by atoms with E-state index in [1.807, 2.05) is 18.2 Å². The molecule has 0 atom stereocenters. The van der Waals surface area contributed by atoms with Crippen molar-refractivity contribution in [3.05, 3.63) is 30.9 Å². The molecular formula is C11H10NO3. The molecule has 0 bridgehead atoms. The maximum absolute atomic E-state index is 5.22. The lowest BCUT2D eigenvalue weighted by molar-refractivity contribution is 0.404. The second-order valence-corrected chi connectivity index (χ2v) is 2.89. The van der Waals surface area contributed by atoms with E-state index in [9.17, 15) is 0 Å². The zero-order chi connectivity index (χ0) is 10.7. The highest BCUT2D eigenvalue weighted by Gasteiger charge is 2.09. The lowest BCUT2D eigenvalue weighted by Crippen LogP contribution is -1.90. The number of oxazole rings is 1. The fourth-order valence-corrected chi connectivity index (χ4v) is 1.32. The predicted molar refractivity (Wildman–Crippen MR) is 53.9 cm³/mol. The molecule has 1 aromatic carbocycles. The van der Waals surface area contributed by atoms with E-state index in [1.165, 1.54) is 6.26 Å². The molecule has 15 heavy (non-hydrogen) atoms. The Hall–Kier alpha value is -1.97. The smallest absolute Gasteiger partial charge is 0.284 e. The van der Waals surface area contributed by atoms with Crippen molar-refractivity contribution in [2.45, 2.75) is 0 Å². The van der Waals surface area contributed by atoms with Crippen molar-refractivity contribution < 1.29 is 13.9 Å². The van der Waals surface area contributed by atoms with Crippen LogP contribution in [0, 0.1) is 6.39 Å². The van der Waals surface area contributed by atoms with Gasteiger partial charge in [-0.2, -0.15) is 0 Å². The number of ether oxygens (including phenoxy) is 2. The second kappa shape index (κ2) is 4.04. The first-order valence-electron chi connectivity index (χ1n) is 4.39. The monoisotopic (exact) mass is 204 g/mol. The van der Waals surface area contributed by atoms with Crippen LogP contribution < -0.4 is 9.47 Å². The summed E-state index contributed by atoms with van der Waals surface area (Å²) in [5.74, 6) is 1.46. The largest absolute Gasteiger partial charge is 0.497 e. The molecule has 4 nitrogen and oxygen atoms in total. The van der Waals surface area contributed by atoms with Crippen molar-refractivity contribution in [3.8, 4) is 22.8 Å². The minimum absolute atomic E-state index is 0.672. The van der Waals surface area contributed by atoms with Gasteiger partial charge in [-0.3, -0.25) is 0 Å². The number of nitrogens with zero attached hydrogens (tertiary/aromatic N) is 1. The van der Waals surface area contributed by atoms with E-state index in [-0.39, 0.29) is 0 Å². The van der Waals surface area contributed by atoms with Gasteiger partial charge >= 0.3 is 0 Å². The molecule has 0 fully saturated rings. The van der Waals surface area contributed by atoms with E-state index in [1.54, 1.807) is 14.2 Å². The zero-order valence-corrected chi connectivity index (χ0v) is 8.48. The Morgan fingerprint density at radius 1 is 1.27 bits per heavy atom. The van der Waals surface area contributed by atoms with Crippen molar-refractivity contribution in [2.75, 3.05) is 14.2 Å². The van der Waals surface area contributed by atoms with Crippen LogP contribution in [0.3, 0.4) is 0 Å². The second-order valence-electron chi connectivity index (χ2n) is 2.89. The third-order valence-corrected chi connectivity index (χ3v) is 2.07. The molecule has 0 aliphatic carbocycles. The highest BCUT2D eigenvalue weighted by molar-refractivity contribution is 5.68. The molecule has 2 aromatic rings. The quantitative estimate of drug-likeness (QED) is 0.768. The molecule has 0 saturated heterocycles. The summed E-state index contributed by atoms with van der Waals surface area (Å²) in [7, 11) is 3.22. The highest BCUT2D eigenvalue weighted by Crippen LogP contribution is 2.31. The number of methoxy groups -OCH3 is 2. The van der Waals surface area contributed by atoms with Crippen molar-refractivity contribution in [2.24, 2.45) is 0 Å². The normalized spacial score (nSPS) is 10.0. The third kappa shape index (κ3) is 1.79. The molecule has 0 saturated carbocycles. The van der Waals surface area contributed by atoms with Crippen molar-refractivity contribution in [1.29, 1.82) is 0 Å². The summed E-state index contributed by atoms with van der Waals surface area (Å²) in [5, 5.41) is 0. The van der Waals surface area contributed by atoms with Crippen molar-refractivity contribution in [1.82, 2.24) is 4.98 Å². The molecule has 0 unspecified atom stereocenters. The van der Waals surface area contributed by atoms with Crippen LogP contribution in [0.15, 0.2) is 28.9 Å². The standard InChI is InChI=1S/C11H10NO3/c1-13-8-3-4-11(14-2)9(5-8)10-6-15-7-12-10/h3-6H,1-2H3. The average molecular weight is 204 g/mol. The van der Waals surface area contributed by atoms with E-state index >= 15 is 0 Å². The van der Waals surface area contributed by atoms with Gasteiger partial charge in [-0.1, -0.05) is 0 Å². The first kappa shape index (κ1) is 9.58. The lowest BCUT2D eigenvalue weighted by Gasteiger charge is -2.07. The Morgan fingerprint density at radius 3 is 2.73 bits per heavy atom. The molecule has 77 valence electrons. The SMILES string of the molecule is COc1ccc(OC)c(-c2co[c]n2)c1. The highest BCUT2D eigenvalue weighted by atomic mass is 16.5. The van der Waals surface area contributed by atoms with E-state index < -0.39 is 0 Å². The Bertz CT molecular complexity index is 437. The van der Waals surface area contributed by atoms with E-state index in [4.69, 9.17) is 13.9 Å². The number of aromatic nitrogens is 1. The number of benzene rings is 1. The molecule has 0 N–H and O–H groups in total. The van der Waals surface area contributed by atoms with Gasteiger partial charge in [0, 0.05) is 5.56 Å². The molecule has 0 aliphatic rings. The van der Waals surface area contributed by atoms with E-state index in [2.05, 4.69) is 11.4 Å². The van der Waals surface area contributed by atoms with Gasteiger partial charge in [0.25, 0.3) is 6.39 Å². The van der Waals surface area contributed by atoms with Crippen LogP contribution in [0.5, 0.6) is 11.5 Å². The summed E-state index contributed by atoms with van der Waals surface area (Å²) >= 11 is 0. The summed E-state index contributed by atoms with van der Waals surface area (Å²) in [6, 6.07) is 5.49. The summed E-state index contributed by atoms with van der Waals surface area (Å²) in [4.78, 5) is 3.94. The fourth-order valence-electron chi connectivity index (χ4n) is 1.32. The lowest BCUT2D eigenvalue weighted by atomic mass is 10.1. The maximum atomic E-state index is 5.22. The Labute approximate surface area is 87.5 Å². The fraction of sp³-hybridized carbons (Fsp3) is 0.182. The molecule has 0 aliphatic heterocycles. The van der Waals surface area contributed by atoms with Crippen molar-refractivity contribution >= 4 is 0 Å². The van der Waals surface area contributed by atoms with E-state index in [0.717, 1.165) is 17.1 Å². The minimum atomic E-state index is 0.672. The van der Waals surface area contributed by atoms with Gasteiger partial charge in [-0.15, -0.1) is 0 Å². The van der Waals surface area contributed by atoms with Crippen LogP contribution in [-0.4, -0.2) is 19.2 Å². The summed E-state index contributed by atoms with van der Waals surface area (Å²) < 4.78 is 15.2. The van der Waals surface area contributed by atoms with Gasteiger partial charge in [-0.05, 0) is 18.2 Å². The predicted octanol–water partition coefficient (Wildman–Crippen LogP) is 2.16. The van der Waals surface area contributed by atoms with Crippen LogP contribution in [-0.2, 0) is 0 Å². The third-order valence-electron chi connectivity index (χ3n) is 2.07. The molecule has 0 spiro atoms. The Morgan fingerprint density at radius 2 is 2.13 bits per heavy atom. The van der Waals surface area contributed by atoms with E-state index in [0.29, 0.717) is 5.69 Å². The molecule has 1 heterocycles. The molecule has 1 aromatic heterocycles. The molecular weight excluding hydrogens is 194 g/mol. The number of hydrogen-bond donors (Lipinski definition) is 0. The average Bonchev–Trinajstić information content (AvgIpc) is 2.81. The topological polar surface area (TPSA) is 44.5 Å². The van der Waals surface area contributed by atoms with Crippen LogP contribution in [0.2, 0.25) is 0 Å². The first-order valence-corrected chi connectivity index (χ1v) is 4.39. The van der Waals surface area contributed by atoms with Crippen LogP contribution in [0.4, 0.5) is 0 Å². The van der Waals surface area contributed by atoms with Crippen LogP contribution >= 0.6 is 0 Å². The number of rotatable bonds is 3. The van der Waals surface area contributed by atoms with Crippen LogP contribution in [0.1, 0.15) is 0 Å². The van der Waals surface area contributed by atoms with Gasteiger partial charge in [0.2, 0.25) is 0 Å². The maximum Gasteiger partial charge on any atom is 0.284 e. The minimum Gasteiger partial charge on any atom is -0.497 e.